The van der Waals surface area contributed by atoms with Crippen LogP contribution in [0, 0.1) is 11.2 Å². The maximum Gasteiger partial charge on any atom is 0.416 e. The van der Waals surface area contributed by atoms with Gasteiger partial charge in [-0.25, -0.2) is 4.39 Å². The van der Waals surface area contributed by atoms with E-state index in [1.165, 1.54) is 0 Å². The Balaban J connectivity index is 2.20. The normalized spacial score (nSPS) is 19.0. The Morgan fingerprint density at radius 3 is 2.34 bits per heavy atom. The number of halogens is 4. The zero-order valence-corrected chi connectivity index (χ0v) is 18.0. The Morgan fingerprint density at radius 1 is 1.12 bits per heavy atom. The van der Waals surface area contributed by atoms with Crippen LogP contribution in [0.15, 0.2) is 53.6 Å². The van der Waals surface area contributed by atoms with Crippen LogP contribution in [0.4, 0.5) is 17.6 Å². The Morgan fingerprint density at radius 2 is 1.78 bits per heavy atom. The molecule has 0 saturated heterocycles. The SMILES string of the molecule is CC(C)(C)C(=O)N1N=C(c2cc(C(F)(F)F)ccc2F)OC1(CCCN)c1ccccc1. The van der Waals surface area contributed by atoms with Gasteiger partial charge in [-0.3, -0.25) is 4.79 Å². The lowest BCUT2D eigenvalue weighted by Crippen LogP contribution is -2.49. The first kappa shape index (κ1) is 23.7. The molecule has 172 valence electrons. The minimum atomic E-state index is -4.68. The fourth-order valence-corrected chi connectivity index (χ4v) is 3.42. The molecule has 0 radical (unpaired) electrons. The highest BCUT2D eigenvalue weighted by molar-refractivity contribution is 5.98. The Labute approximate surface area is 183 Å². The molecule has 1 unspecified atom stereocenters. The van der Waals surface area contributed by atoms with Crippen LogP contribution < -0.4 is 5.73 Å². The maximum atomic E-state index is 14.6. The van der Waals surface area contributed by atoms with Gasteiger partial charge in [0.2, 0.25) is 11.6 Å². The molecule has 0 saturated carbocycles. The van der Waals surface area contributed by atoms with Gasteiger partial charge in [-0.15, -0.1) is 5.10 Å². The van der Waals surface area contributed by atoms with Crippen molar-refractivity contribution in [3.05, 3.63) is 71.0 Å². The number of alkyl halides is 3. The van der Waals surface area contributed by atoms with Crippen molar-refractivity contribution in [3.63, 3.8) is 0 Å². The average Bonchev–Trinajstić information content (AvgIpc) is 3.11. The van der Waals surface area contributed by atoms with Crippen molar-refractivity contribution in [2.24, 2.45) is 16.3 Å². The van der Waals surface area contributed by atoms with Gasteiger partial charge in [0.15, 0.2) is 0 Å². The second-order valence-corrected chi connectivity index (χ2v) is 8.61. The summed E-state index contributed by atoms with van der Waals surface area (Å²) in [5.74, 6) is -1.77. The highest BCUT2D eigenvalue weighted by Crippen LogP contribution is 2.43. The van der Waals surface area contributed by atoms with Crippen LogP contribution in [0.25, 0.3) is 0 Å². The highest BCUT2D eigenvalue weighted by atomic mass is 19.4. The molecule has 0 spiro atoms. The molecule has 5 nitrogen and oxygen atoms in total. The molecule has 3 rings (SSSR count). The van der Waals surface area contributed by atoms with Crippen molar-refractivity contribution in [2.75, 3.05) is 6.54 Å². The third-order valence-corrected chi connectivity index (χ3v) is 5.10. The first-order valence-electron chi connectivity index (χ1n) is 10.1. The summed E-state index contributed by atoms with van der Waals surface area (Å²) in [4.78, 5) is 13.3. The topological polar surface area (TPSA) is 67.9 Å². The zero-order valence-electron chi connectivity index (χ0n) is 18.0. The van der Waals surface area contributed by atoms with Gasteiger partial charge in [-0.1, -0.05) is 51.1 Å². The minimum Gasteiger partial charge on any atom is -0.443 e. The molecule has 1 aliphatic rings. The first-order valence-corrected chi connectivity index (χ1v) is 10.1. The number of benzene rings is 2. The van der Waals surface area contributed by atoms with E-state index in [4.69, 9.17) is 10.5 Å². The van der Waals surface area contributed by atoms with Crippen LogP contribution in [0.5, 0.6) is 0 Å². The van der Waals surface area contributed by atoms with E-state index in [-0.39, 0.29) is 13.0 Å². The summed E-state index contributed by atoms with van der Waals surface area (Å²) < 4.78 is 60.5. The van der Waals surface area contributed by atoms with Gasteiger partial charge >= 0.3 is 6.18 Å². The van der Waals surface area contributed by atoms with Gasteiger partial charge < -0.3 is 10.5 Å². The van der Waals surface area contributed by atoms with Crippen molar-refractivity contribution in [3.8, 4) is 0 Å². The number of nitrogens with two attached hydrogens (primary N) is 1. The van der Waals surface area contributed by atoms with Crippen LogP contribution in [-0.2, 0) is 21.4 Å². The van der Waals surface area contributed by atoms with Gasteiger partial charge in [0, 0.05) is 17.4 Å². The molecular weight excluding hydrogens is 426 g/mol. The van der Waals surface area contributed by atoms with Crippen molar-refractivity contribution in [1.82, 2.24) is 5.01 Å². The van der Waals surface area contributed by atoms with E-state index in [0.717, 1.165) is 5.01 Å². The molecule has 2 aromatic carbocycles. The molecule has 2 N–H and O–H groups in total. The highest BCUT2D eigenvalue weighted by Gasteiger charge is 2.52. The second kappa shape index (κ2) is 8.54. The van der Waals surface area contributed by atoms with Crippen LogP contribution in [0.1, 0.15) is 50.3 Å². The number of hydrogen-bond acceptors (Lipinski definition) is 4. The van der Waals surface area contributed by atoms with Crippen LogP contribution in [0.2, 0.25) is 0 Å². The predicted octanol–water partition coefficient (Wildman–Crippen LogP) is 5.00. The number of carbonyl (C=O) groups is 1. The molecule has 32 heavy (non-hydrogen) atoms. The molecule has 1 atom stereocenters. The van der Waals surface area contributed by atoms with E-state index < -0.39 is 46.1 Å². The lowest BCUT2D eigenvalue weighted by molar-refractivity contribution is -0.161. The minimum absolute atomic E-state index is 0.211. The molecule has 2 aromatic rings. The number of hydrogen-bond donors (Lipinski definition) is 1. The van der Waals surface area contributed by atoms with E-state index in [1.807, 2.05) is 0 Å². The summed E-state index contributed by atoms with van der Waals surface area (Å²) >= 11 is 0. The van der Waals surface area contributed by atoms with Crippen LogP contribution in [0.3, 0.4) is 0 Å². The average molecular weight is 451 g/mol. The lowest BCUT2D eigenvalue weighted by Gasteiger charge is -2.38. The van der Waals surface area contributed by atoms with Crippen molar-refractivity contribution in [1.29, 1.82) is 0 Å². The Hall–Kier alpha value is -2.94. The Bertz CT molecular complexity index is 1020. The standard InChI is InChI=1S/C23H25F4N3O2/c1-21(2,3)20(31)30-22(12-7-13-28,15-8-5-4-6-9-15)32-19(29-30)17-14-16(23(25,26)27)10-11-18(17)24/h4-6,8-11,14H,7,12-13,28H2,1-3H3. The second-order valence-electron chi connectivity index (χ2n) is 8.61. The third kappa shape index (κ3) is 4.48. The fourth-order valence-electron chi connectivity index (χ4n) is 3.42. The maximum absolute atomic E-state index is 14.6. The molecule has 1 amide bonds. The van der Waals surface area contributed by atoms with Gasteiger partial charge in [-0.05, 0) is 31.2 Å². The number of carbonyl (C=O) groups excluding carboxylic acids is 1. The molecule has 0 fully saturated rings. The predicted molar refractivity (Wildman–Crippen MR) is 112 cm³/mol. The lowest BCUT2D eigenvalue weighted by atomic mass is 9.91. The molecular formula is C23H25F4N3O2. The fraction of sp³-hybridized carbons (Fsp3) is 0.391. The summed E-state index contributed by atoms with van der Waals surface area (Å²) in [5, 5.41) is 5.34. The largest absolute Gasteiger partial charge is 0.443 e. The van der Waals surface area contributed by atoms with E-state index in [2.05, 4.69) is 5.10 Å². The van der Waals surface area contributed by atoms with Crippen molar-refractivity contribution >= 4 is 11.8 Å². The third-order valence-electron chi connectivity index (χ3n) is 5.10. The van der Waals surface area contributed by atoms with Gasteiger partial charge in [-0.2, -0.15) is 18.2 Å². The summed E-state index contributed by atoms with van der Waals surface area (Å²) in [6, 6.07) is 10.7. The first-order chi connectivity index (χ1) is 14.9. The number of ether oxygens (including phenoxy) is 1. The van der Waals surface area contributed by atoms with Gasteiger partial charge in [0.1, 0.15) is 5.82 Å². The number of hydrazone groups is 1. The number of nitrogens with zero attached hydrogens (tertiary/aromatic N) is 2. The van der Waals surface area contributed by atoms with Crippen molar-refractivity contribution in [2.45, 2.75) is 45.5 Å². The molecule has 0 bridgehead atoms. The van der Waals surface area contributed by atoms with Crippen LogP contribution in [-0.4, -0.2) is 23.4 Å². The van der Waals surface area contributed by atoms with Gasteiger partial charge in [0.25, 0.3) is 5.91 Å². The molecule has 0 aromatic heterocycles. The molecule has 9 heteroatoms. The number of amides is 1. The van der Waals surface area contributed by atoms with Crippen LogP contribution >= 0.6 is 0 Å². The Kier molecular flexibility index (Phi) is 6.33. The van der Waals surface area contributed by atoms with Gasteiger partial charge in [0.05, 0.1) is 11.1 Å². The van der Waals surface area contributed by atoms with E-state index >= 15 is 0 Å². The summed E-state index contributed by atoms with van der Waals surface area (Å²) in [5.41, 5.74) is 2.37. The smallest absolute Gasteiger partial charge is 0.416 e. The van der Waals surface area contributed by atoms with E-state index in [9.17, 15) is 22.4 Å². The summed E-state index contributed by atoms with van der Waals surface area (Å²) in [6.45, 7) is 5.34. The molecule has 0 aliphatic carbocycles. The van der Waals surface area contributed by atoms with Crippen molar-refractivity contribution < 1.29 is 27.1 Å². The molecule has 1 aliphatic heterocycles. The van der Waals surface area contributed by atoms with E-state index in [1.54, 1.807) is 51.1 Å². The monoisotopic (exact) mass is 451 g/mol. The summed E-state index contributed by atoms with van der Waals surface area (Å²) in [7, 11) is 0. The van der Waals surface area contributed by atoms with E-state index in [0.29, 0.717) is 30.2 Å². The zero-order chi connectivity index (χ0) is 23.7. The number of rotatable bonds is 5. The summed E-state index contributed by atoms with van der Waals surface area (Å²) in [6.07, 6.45) is -4.04. The quantitative estimate of drug-likeness (QED) is 0.651. The molecule has 1 heterocycles.